The van der Waals surface area contributed by atoms with Crippen LogP contribution in [0.15, 0.2) is 58.1 Å². The summed E-state index contributed by atoms with van der Waals surface area (Å²) >= 11 is 3.47. The predicted octanol–water partition coefficient (Wildman–Crippen LogP) is 3.98. The van der Waals surface area contributed by atoms with Crippen molar-refractivity contribution in [3.8, 4) is 0 Å². The maximum Gasteiger partial charge on any atom is 0.335 e. The van der Waals surface area contributed by atoms with E-state index in [2.05, 4.69) is 26.5 Å². The van der Waals surface area contributed by atoms with Gasteiger partial charge in [0, 0.05) is 10.0 Å². The Morgan fingerprint density at radius 3 is 2.65 bits per heavy atom. The predicted molar refractivity (Wildman–Crippen MR) is 83.4 cm³/mol. The summed E-state index contributed by atoms with van der Waals surface area (Å²) in [6.45, 7) is 1.88. The van der Waals surface area contributed by atoms with E-state index in [0.717, 1.165) is 15.7 Å². The van der Waals surface area contributed by atoms with Gasteiger partial charge in [-0.25, -0.2) is 4.79 Å². The van der Waals surface area contributed by atoms with E-state index in [0.29, 0.717) is 5.69 Å². The van der Waals surface area contributed by atoms with Crippen LogP contribution in [0.2, 0.25) is 0 Å². The average Bonchev–Trinajstić information content (AvgIpc) is 2.45. The highest BCUT2D eigenvalue weighted by Crippen LogP contribution is 2.17. The summed E-state index contributed by atoms with van der Waals surface area (Å²) in [4.78, 5) is 10.9. The van der Waals surface area contributed by atoms with Crippen molar-refractivity contribution in [2.75, 3.05) is 5.43 Å². The van der Waals surface area contributed by atoms with Crippen LogP contribution >= 0.6 is 15.9 Å². The number of aromatic carboxylic acids is 1. The fourth-order valence-corrected chi connectivity index (χ4v) is 2.26. The van der Waals surface area contributed by atoms with Gasteiger partial charge in [-0.2, -0.15) is 5.10 Å². The summed E-state index contributed by atoms with van der Waals surface area (Å²) in [6, 6.07) is 14.3. The van der Waals surface area contributed by atoms with E-state index in [-0.39, 0.29) is 5.56 Å². The van der Waals surface area contributed by atoms with E-state index in [1.165, 1.54) is 6.07 Å². The van der Waals surface area contributed by atoms with Gasteiger partial charge in [-0.3, -0.25) is 5.43 Å². The van der Waals surface area contributed by atoms with Gasteiger partial charge >= 0.3 is 5.97 Å². The molecule has 4 nitrogen and oxygen atoms in total. The molecule has 0 unspecified atom stereocenters. The molecular weight excluding hydrogens is 320 g/mol. The van der Waals surface area contributed by atoms with Crippen LogP contribution in [0.3, 0.4) is 0 Å². The molecule has 0 heterocycles. The van der Waals surface area contributed by atoms with Crippen LogP contribution < -0.4 is 5.43 Å². The molecule has 2 rings (SSSR count). The highest BCUT2D eigenvalue weighted by atomic mass is 79.9. The zero-order chi connectivity index (χ0) is 14.5. The molecule has 0 aliphatic heterocycles. The van der Waals surface area contributed by atoms with Crippen LogP contribution in [0.25, 0.3) is 0 Å². The zero-order valence-corrected chi connectivity index (χ0v) is 12.4. The summed E-state index contributed by atoms with van der Waals surface area (Å²) in [7, 11) is 0. The van der Waals surface area contributed by atoms with Gasteiger partial charge in [-0.05, 0) is 31.2 Å². The molecule has 0 aliphatic rings. The average molecular weight is 333 g/mol. The van der Waals surface area contributed by atoms with Gasteiger partial charge in [0.1, 0.15) is 0 Å². The normalized spacial score (nSPS) is 11.2. The number of anilines is 1. The lowest BCUT2D eigenvalue weighted by molar-refractivity contribution is 0.0697. The van der Waals surface area contributed by atoms with Crippen molar-refractivity contribution in [3.63, 3.8) is 0 Å². The van der Waals surface area contributed by atoms with Crippen LogP contribution in [0.5, 0.6) is 0 Å². The first-order valence-corrected chi connectivity index (χ1v) is 6.76. The lowest BCUT2D eigenvalue weighted by Crippen LogP contribution is -2.02. The number of nitrogens with zero attached hydrogens (tertiary/aromatic N) is 1. The van der Waals surface area contributed by atoms with E-state index >= 15 is 0 Å². The third kappa shape index (κ3) is 3.45. The number of carboxylic acids is 1. The number of hydrazone groups is 1. The molecule has 0 aliphatic carbocycles. The first-order valence-electron chi connectivity index (χ1n) is 5.96. The summed E-state index contributed by atoms with van der Waals surface area (Å²) in [6.07, 6.45) is 0. The lowest BCUT2D eigenvalue weighted by Gasteiger charge is -2.06. The van der Waals surface area contributed by atoms with E-state index in [4.69, 9.17) is 5.11 Å². The Bertz CT molecular complexity index is 668. The first-order chi connectivity index (χ1) is 9.58. The molecule has 0 spiro atoms. The van der Waals surface area contributed by atoms with Crippen LogP contribution in [0.1, 0.15) is 22.8 Å². The van der Waals surface area contributed by atoms with Gasteiger partial charge in [0.25, 0.3) is 0 Å². The van der Waals surface area contributed by atoms with Crippen LogP contribution in [-0.2, 0) is 0 Å². The molecule has 0 radical (unpaired) electrons. The maximum absolute atomic E-state index is 10.9. The van der Waals surface area contributed by atoms with Gasteiger partial charge in [-0.15, -0.1) is 0 Å². The van der Waals surface area contributed by atoms with Crippen molar-refractivity contribution in [2.45, 2.75) is 6.92 Å². The molecular formula is C15H13BrN2O2. The van der Waals surface area contributed by atoms with Gasteiger partial charge < -0.3 is 5.11 Å². The Morgan fingerprint density at radius 2 is 1.95 bits per heavy atom. The molecule has 0 bridgehead atoms. The standard InChI is InChI=1S/C15H13BrN2O2/c1-10(13-7-2-3-8-14(13)16)17-18-12-6-4-5-11(9-12)15(19)20/h2-9,18H,1H3,(H,19,20). The van der Waals surface area contributed by atoms with E-state index in [1.807, 2.05) is 31.2 Å². The second-order valence-electron chi connectivity index (χ2n) is 4.17. The topological polar surface area (TPSA) is 61.7 Å². The Hall–Kier alpha value is -2.14. The number of hydrogen-bond acceptors (Lipinski definition) is 3. The second kappa shape index (κ2) is 6.34. The van der Waals surface area contributed by atoms with E-state index in [9.17, 15) is 4.79 Å². The minimum Gasteiger partial charge on any atom is -0.478 e. The molecule has 102 valence electrons. The molecule has 0 saturated heterocycles. The van der Waals surface area contributed by atoms with Crippen molar-refractivity contribution in [2.24, 2.45) is 5.10 Å². The molecule has 0 amide bonds. The van der Waals surface area contributed by atoms with Gasteiger partial charge in [0.05, 0.1) is 17.0 Å². The third-order valence-corrected chi connectivity index (χ3v) is 3.42. The largest absolute Gasteiger partial charge is 0.478 e. The molecule has 0 fully saturated rings. The Kier molecular flexibility index (Phi) is 4.53. The Morgan fingerprint density at radius 1 is 1.20 bits per heavy atom. The quantitative estimate of drug-likeness (QED) is 0.657. The molecule has 20 heavy (non-hydrogen) atoms. The van der Waals surface area contributed by atoms with Crippen molar-refractivity contribution >= 4 is 33.3 Å². The minimum absolute atomic E-state index is 0.226. The summed E-state index contributed by atoms with van der Waals surface area (Å²) in [5.74, 6) is -0.958. The summed E-state index contributed by atoms with van der Waals surface area (Å²) in [5, 5.41) is 13.2. The van der Waals surface area contributed by atoms with Crippen LogP contribution in [0, 0.1) is 0 Å². The molecule has 0 aromatic heterocycles. The van der Waals surface area contributed by atoms with Gasteiger partial charge in [0.2, 0.25) is 0 Å². The Labute approximate surface area is 125 Å². The molecule has 2 N–H and O–H groups in total. The number of rotatable bonds is 4. The highest BCUT2D eigenvalue weighted by Gasteiger charge is 2.04. The third-order valence-electron chi connectivity index (χ3n) is 2.73. The SMILES string of the molecule is CC(=NNc1cccc(C(=O)O)c1)c1ccccc1Br. The maximum atomic E-state index is 10.9. The lowest BCUT2D eigenvalue weighted by atomic mass is 10.1. The number of hydrogen-bond donors (Lipinski definition) is 2. The highest BCUT2D eigenvalue weighted by molar-refractivity contribution is 9.10. The van der Waals surface area contributed by atoms with Gasteiger partial charge in [-0.1, -0.05) is 40.2 Å². The number of benzene rings is 2. The zero-order valence-electron chi connectivity index (χ0n) is 10.8. The molecule has 2 aromatic rings. The minimum atomic E-state index is -0.958. The fourth-order valence-electron chi connectivity index (χ4n) is 1.69. The number of carbonyl (C=O) groups is 1. The number of halogens is 1. The fraction of sp³-hybridized carbons (Fsp3) is 0.0667. The summed E-state index contributed by atoms with van der Waals surface area (Å²) in [5.41, 5.74) is 5.52. The Balaban J connectivity index is 2.19. The summed E-state index contributed by atoms with van der Waals surface area (Å²) < 4.78 is 0.960. The monoisotopic (exact) mass is 332 g/mol. The van der Waals surface area contributed by atoms with Gasteiger partial charge in [0.15, 0.2) is 0 Å². The van der Waals surface area contributed by atoms with Crippen LogP contribution in [0.4, 0.5) is 5.69 Å². The molecule has 0 atom stereocenters. The van der Waals surface area contributed by atoms with E-state index < -0.39 is 5.97 Å². The molecule has 5 heteroatoms. The smallest absolute Gasteiger partial charge is 0.335 e. The van der Waals surface area contributed by atoms with Crippen molar-refractivity contribution in [1.29, 1.82) is 0 Å². The molecule has 0 saturated carbocycles. The molecule has 2 aromatic carbocycles. The second-order valence-corrected chi connectivity index (χ2v) is 5.03. The van der Waals surface area contributed by atoms with Crippen molar-refractivity contribution in [3.05, 3.63) is 64.1 Å². The number of nitrogens with one attached hydrogen (secondary N) is 1. The van der Waals surface area contributed by atoms with Crippen LogP contribution in [-0.4, -0.2) is 16.8 Å². The first kappa shape index (κ1) is 14.3. The number of carboxylic acid groups (broad SMARTS) is 1. The van der Waals surface area contributed by atoms with Crippen molar-refractivity contribution < 1.29 is 9.90 Å². The van der Waals surface area contributed by atoms with Crippen molar-refractivity contribution in [1.82, 2.24) is 0 Å². The van der Waals surface area contributed by atoms with E-state index in [1.54, 1.807) is 18.2 Å².